The van der Waals surface area contributed by atoms with Crippen LogP contribution in [0.15, 0.2) is 18.2 Å². The summed E-state index contributed by atoms with van der Waals surface area (Å²) in [5.41, 5.74) is 0.809. The normalized spacial score (nSPS) is 14.9. The van der Waals surface area contributed by atoms with Gasteiger partial charge in [0.05, 0.1) is 5.69 Å². The highest BCUT2D eigenvalue weighted by Gasteiger charge is 2.38. The predicted octanol–water partition coefficient (Wildman–Crippen LogP) is 2.51. The molecule has 0 aliphatic carbocycles. The second-order valence-corrected chi connectivity index (χ2v) is 4.91. The van der Waals surface area contributed by atoms with Gasteiger partial charge in [-0.15, -0.1) is 0 Å². The molecule has 21 heavy (non-hydrogen) atoms. The number of nitrogens with zero attached hydrogens (tertiary/aromatic N) is 3. The maximum absolute atomic E-state index is 13.2. The maximum atomic E-state index is 13.2. The summed E-state index contributed by atoms with van der Waals surface area (Å²) in [7, 11) is 0. The lowest BCUT2D eigenvalue weighted by Crippen LogP contribution is -2.29. The first-order valence-electron chi connectivity index (χ1n) is 6.57. The van der Waals surface area contributed by atoms with Gasteiger partial charge in [-0.3, -0.25) is 0 Å². The number of hydrogen-bond donors (Lipinski definition) is 1. The zero-order chi connectivity index (χ0) is 15.0. The fraction of sp³-hybridized carbons (Fsp3) is 0.357. The number of alkyl halides is 3. The number of aromatic nitrogens is 3. The van der Waals surface area contributed by atoms with Crippen LogP contribution in [-0.2, 0) is 19.1 Å². The van der Waals surface area contributed by atoms with Crippen molar-refractivity contribution in [3.05, 3.63) is 40.8 Å². The molecule has 0 atom stereocenters. The first-order chi connectivity index (χ1) is 9.95. The number of nitrogens with one attached hydrogen (secondary N) is 1. The Hall–Kier alpha value is -2.02. The largest absolute Gasteiger partial charge is 0.433 e. The van der Waals surface area contributed by atoms with Gasteiger partial charge in [0.15, 0.2) is 11.5 Å². The third-order valence-corrected chi connectivity index (χ3v) is 3.32. The molecule has 0 saturated heterocycles. The van der Waals surface area contributed by atoms with E-state index in [-0.39, 0.29) is 17.9 Å². The van der Waals surface area contributed by atoms with Crippen LogP contribution in [-0.4, -0.2) is 21.5 Å². The molecule has 2 aromatic rings. The summed E-state index contributed by atoms with van der Waals surface area (Å²) in [6, 6.07) is 5.13. The van der Waals surface area contributed by atoms with Crippen LogP contribution in [0, 0.1) is 6.92 Å². The highest BCUT2D eigenvalue weighted by molar-refractivity contribution is 5.51. The quantitative estimate of drug-likeness (QED) is 0.878. The van der Waals surface area contributed by atoms with E-state index < -0.39 is 11.9 Å². The molecule has 1 aliphatic rings. The summed E-state index contributed by atoms with van der Waals surface area (Å²) in [5, 5.41) is 2.93. The van der Waals surface area contributed by atoms with Crippen molar-refractivity contribution in [1.29, 1.82) is 0 Å². The predicted molar refractivity (Wildman–Crippen MR) is 70.4 cm³/mol. The van der Waals surface area contributed by atoms with Gasteiger partial charge in [0, 0.05) is 30.8 Å². The summed E-state index contributed by atoms with van der Waals surface area (Å²) in [5.74, 6) is 0.0340. The van der Waals surface area contributed by atoms with Crippen molar-refractivity contribution in [2.24, 2.45) is 0 Å². The number of aryl methyl sites for hydroxylation is 1. The standard InChI is InChI=1S/C14H13F3N4/c1-8-3-2-4-11(19-8)13-20-10-5-6-18-7-9(10)12(21-13)14(15,16)17/h2-4,18H,5-7H2,1H3. The van der Waals surface area contributed by atoms with Crippen LogP contribution in [0.1, 0.15) is 22.6 Å². The molecule has 0 fully saturated rings. The van der Waals surface area contributed by atoms with Crippen LogP contribution in [0.5, 0.6) is 0 Å². The Bertz CT molecular complexity index is 682. The molecule has 3 rings (SSSR count). The molecule has 2 aromatic heterocycles. The monoisotopic (exact) mass is 294 g/mol. The summed E-state index contributed by atoms with van der Waals surface area (Å²) in [6.07, 6.45) is -4.04. The molecule has 0 saturated carbocycles. The smallest absolute Gasteiger partial charge is 0.312 e. The van der Waals surface area contributed by atoms with Crippen molar-refractivity contribution in [1.82, 2.24) is 20.3 Å². The van der Waals surface area contributed by atoms with E-state index in [1.807, 2.05) is 0 Å². The molecule has 7 heteroatoms. The Kier molecular flexibility index (Phi) is 3.36. The van der Waals surface area contributed by atoms with E-state index in [1.165, 1.54) is 0 Å². The van der Waals surface area contributed by atoms with Gasteiger partial charge in [0.25, 0.3) is 0 Å². The van der Waals surface area contributed by atoms with Gasteiger partial charge in [-0.25, -0.2) is 15.0 Å². The van der Waals surface area contributed by atoms with Gasteiger partial charge >= 0.3 is 6.18 Å². The van der Waals surface area contributed by atoms with E-state index in [9.17, 15) is 13.2 Å². The minimum absolute atomic E-state index is 0.0340. The van der Waals surface area contributed by atoms with Gasteiger partial charge in [-0.2, -0.15) is 13.2 Å². The maximum Gasteiger partial charge on any atom is 0.433 e. The molecule has 1 aliphatic heterocycles. The Balaban J connectivity index is 2.19. The summed E-state index contributed by atoms with van der Waals surface area (Å²) in [6.45, 7) is 2.53. The first-order valence-corrected chi connectivity index (χ1v) is 6.57. The van der Waals surface area contributed by atoms with E-state index in [2.05, 4.69) is 20.3 Å². The van der Waals surface area contributed by atoms with Crippen LogP contribution in [0.25, 0.3) is 11.5 Å². The molecule has 4 nitrogen and oxygen atoms in total. The number of hydrogen-bond acceptors (Lipinski definition) is 4. The molecular formula is C14H13F3N4. The summed E-state index contributed by atoms with van der Waals surface area (Å²) >= 11 is 0. The van der Waals surface area contributed by atoms with Crippen LogP contribution in [0.3, 0.4) is 0 Å². The Labute approximate surface area is 119 Å². The molecule has 0 spiro atoms. The molecule has 0 amide bonds. The van der Waals surface area contributed by atoms with Crippen LogP contribution < -0.4 is 5.32 Å². The second-order valence-electron chi connectivity index (χ2n) is 4.91. The van der Waals surface area contributed by atoms with Crippen molar-refractivity contribution in [3.63, 3.8) is 0 Å². The van der Waals surface area contributed by atoms with Gasteiger partial charge in [0.2, 0.25) is 0 Å². The SMILES string of the molecule is Cc1cccc(-c2nc3c(c(C(F)(F)F)n2)CNCC3)n1. The highest BCUT2D eigenvalue weighted by Crippen LogP contribution is 2.33. The van der Waals surface area contributed by atoms with Crippen LogP contribution in [0.4, 0.5) is 13.2 Å². The lowest BCUT2D eigenvalue weighted by atomic mass is 10.0. The van der Waals surface area contributed by atoms with Crippen molar-refractivity contribution in [2.45, 2.75) is 26.1 Å². The second kappa shape index (κ2) is 5.07. The zero-order valence-electron chi connectivity index (χ0n) is 11.3. The number of fused-ring (bicyclic) bond motifs is 1. The topological polar surface area (TPSA) is 50.7 Å². The number of halogens is 3. The molecule has 0 bridgehead atoms. The molecule has 1 N–H and O–H groups in total. The third-order valence-electron chi connectivity index (χ3n) is 3.32. The third kappa shape index (κ3) is 2.73. The first kappa shape index (κ1) is 13.9. The molecule has 110 valence electrons. The van der Waals surface area contributed by atoms with Gasteiger partial charge in [-0.1, -0.05) is 6.07 Å². The Morgan fingerprint density at radius 3 is 2.67 bits per heavy atom. The molecule has 0 unspecified atom stereocenters. The lowest BCUT2D eigenvalue weighted by molar-refractivity contribution is -0.142. The zero-order valence-corrected chi connectivity index (χ0v) is 11.3. The van der Waals surface area contributed by atoms with E-state index >= 15 is 0 Å². The summed E-state index contributed by atoms with van der Waals surface area (Å²) < 4.78 is 39.6. The van der Waals surface area contributed by atoms with Crippen molar-refractivity contribution in [2.75, 3.05) is 6.54 Å². The number of rotatable bonds is 1. The highest BCUT2D eigenvalue weighted by atomic mass is 19.4. The average molecular weight is 294 g/mol. The fourth-order valence-corrected chi connectivity index (χ4v) is 2.36. The fourth-order valence-electron chi connectivity index (χ4n) is 2.36. The van der Waals surface area contributed by atoms with E-state index in [0.29, 0.717) is 30.0 Å². The Morgan fingerprint density at radius 1 is 1.14 bits per heavy atom. The molecular weight excluding hydrogens is 281 g/mol. The van der Waals surface area contributed by atoms with Crippen molar-refractivity contribution in [3.8, 4) is 11.5 Å². The van der Waals surface area contributed by atoms with Gasteiger partial charge in [-0.05, 0) is 19.1 Å². The van der Waals surface area contributed by atoms with Crippen molar-refractivity contribution >= 4 is 0 Å². The van der Waals surface area contributed by atoms with E-state index in [4.69, 9.17) is 0 Å². The molecule has 0 radical (unpaired) electrons. The van der Waals surface area contributed by atoms with Gasteiger partial charge in [0.1, 0.15) is 5.69 Å². The average Bonchev–Trinajstić information content (AvgIpc) is 2.45. The van der Waals surface area contributed by atoms with E-state index in [1.54, 1.807) is 25.1 Å². The van der Waals surface area contributed by atoms with Crippen molar-refractivity contribution < 1.29 is 13.2 Å². The molecule has 3 heterocycles. The minimum atomic E-state index is -4.50. The number of pyridine rings is 1. The van der Waals surface area contributed by atoms with Crippen LogP contribution >= 0.6 is 0 Å². The van der Waals surface area contributed by atoms with Crippen LogP contribution in [0.2, 0.25) is 0 Å². The lowest BCUT2D eigenvalue weighted by Gasteiger charge is -2.21. The minimum Gasteiger partial charge on any atom is -0.312 e. The molecule has 0 aromatic carbocycles. The Morgan fingerprint density at radius 2 is 1.95 bits per heavy atom. The van der Waals surface area contributed by atoms with E-state index in [0.717, 1.165) is 0 Å². The van der Waals surface area contributed by atoms with Gasteiger partial charge < -0.3 is 5.32 Å². The summed E-state index contributed by atoms with van der Waals surface area (Å²) in [4.78, 5) is 12.2.